The number of benzene rings is 1. The minimum atomic E-state index is 0.186. The van der Waals surface area contributed by atoms with Gasteiger partial charge in [0, 0.05) is 31.7 Å². The SMILES string of the molecule is Cc1cc(C)c(CN2CCC(N3CCC(C(=O)NC[C@H]4CCCO4)CC3)CC2)cc1C. The number of aryl methyl sites for hydroxylation is 3. The van der Waals surface area contributed by atoms with E-state index in [2.05, 4.69) is 48.0 Å². The van der Waals surface area contributed by atoms with Gasteiger partial charge in [0.2, 0.25) is 5.91 Å². The number of nitrogens with zero attached hydrogens (tertiary/aromatic N) is 2. The zero-order chi connectivity index (χ0) is 21.8. The molecule has 1 amide bonds. The number of hydrogen-bond acceptors (Lipinski definition) is 4. The number of piperidine rings is 2. The quantitative estimate of drug-likeness (QED) is 0.754. The highest BCUT2D eigenvalue weighted by molar-refractivity contribution is 5.78. The molecule has 1 aromatic carbocycles. The Morgan fingerprint density at radius 1 is 0.968 bits per heavy atom. The summed E-state index contributed by atoms with van der Waals surface area (Å²) in [6, 6.07) is 5.40. The van der Waals surface area contributed by atoms with Crippen molar-refractivity contribution in [1.29, 1.82) is 0 Å². The van der Waals surface area contributed by atoms with E-state index in [1.54, 1.807) is 0 Å². The van der Waals surface area contributed by atoms with Gasteiger partial charge in [0.25, 0.3) is 0 Å². The summed E-state index contributed by atoms with van der Waals surface area (Å²) >= 11 is 0. The molecule has 1 atom stereocenters. The van der Waals surface area contributed by atoms with E-state index in [-0.39, 0.29) is 17.9 Å². The smallest absolute Gasteiger partial charge is 0.223 e. The van der Waals surface area contributed by atoms with Gasteiger partial charge in [-0.25, -0.2) is 0 Å². The highest BCUT2D eigenvalue weighted by Crippen LogP contribution is 2.26. The fraction of sp³-hybridized carbons (Fsp3) is 0.731. The Balaban J connectivity index is 1.18. The van der Waals surface area contributed by atoms with Crippen LogP contribution in [0.15, 0.2) is 12.1 Å². The Morgan fingerprint density at radius 3 is 2.35 bits per heavy atom. The first-order valence-corrected chi connectivity index (χ1v) is 12.4. The van der Waals surface area contributed by atoms with Crippen LogP contribution in [0.2, 0.25) is 0 Å². The van der Waals surface area contributed by atoms with Crippen molar-refractivity contribution in [1.82, 2.24) is 15.1 Å². The number of amides is 1. The van der Waals surface area contributed by atoms with Crippen LogP contribution in [0.25, 0.3) is 0 Å². The molecule has 31 heavy (non-hydrogen) atoms. The summed E-state index contributed by atoms with van der Waals surface area (Å²) in [6.45, 7) is 13.8. The summed E-state index contributed by atoms with van der Waals surface area (Å²) in [4.78, 5) is 17.8. The zero-order valence-corrected chi connectivity index (χ0v) is 19.8. The number of carbonyl (C=O) groups excluding carboxylic acids is 1. The molecule has 172 valence electrons. The van der Waals surface area contributed by atoms with Gasteiger partial charge >= 0.3 is 0 Å². The third kappa shape index (κ3) is 5.88. The monoisotopic (exact) mass is 427 g/mol. The van der Waals surface area contributed by atoms with Crippen LogP contribution in [-0.2, 0) is 16.1 Å². The fourth-order valence-electron chi connectivity index (χ4n) is 5.57. The van der Waals surface area contributed by atoms with Gasteiger partial charge in [0.05, 0.1) is 6.10 Å². The van der Waals surface area contributed by atoms with Crippen LogP contribution >= 0.6 is 0 Å². The Hall–Kier alpha value is -1.43. The second-order valence-corrected chi connectivity index (χ2v) is 10.1. The van der Waals surface area contributed by atoms with Crippen LogP contribution in [0, 0.1) is 26.7 Å². The minimum Gasteiger partial charge on any atom is -0.376 e. The molecule has 3 aliphatic rings. The largest absolute Gasteiger partial charge is 0.376 e. The van der Waals surface area contributed by atoms with Gasteiger partial charge in [-0.15, -0.1) is 0 Å². The molecule has 0 radical (unpaired) electrons. The Bertz CT molecular complexity index is 743. The number of likely N-dealkylation sites (tertiary alicyclic amines) is 2. The number of hydrogen-bond donors (Lipinski definition) is 1. The van der Waals surface area contributed by atoms with Crippen LogP contribution in [0.5, 0.6) is 0 Å². The Morgan fingerprint density at radius 2 is 1.68 bits per heavy atom. The first kappa shape index (κ1) is 22.8. The van der Waals surface area contributed by atoms with Gasteiger partial charge in [-0.05, 0) is 108 Å². The van der Waals surface area contributed by atoms with Crippen molar-refractivity contribution in [3.8, 4) is 0 Å². The molecule has 3 fully saturated rings. The maximum Gasteiger partial charge on any atom is 0.223 e. The highest BCUT2D eigenvalue weighted by Gasteiger charge is 2.31. The molecule has 0 bridgehead atoms. The number of ether oxygens (including phenoxy) is 1. The van der Waals surface area contributed by atoms with E-state index in [0.29, 0.717) is 12.6 Å². The number of carbonyl (C=O) groups is 1. The molecular weight excluding hydrogens is 386 g/mol. The van der Waals surface area contributed by atoms with Gasteiger partial charge in [-0.2, -0.15) is 0 Å². The molecule has 5 heteroatoms. The molecule has 1 aromatic rings. The van der Waals surface area contributed by atoms with Gasteiger partial charge in [-0.3, -0.25) is 9.69 Å². The maximum atomic E-state index is 12.5. The molecule has 0 saturated carbocycles. The maximum absolute atomic E-state index is 12.5. The predicted molar refractivity (Wildman–Crippen MR) is 125 cm³/mol. The van der Waals surface area contributed by atoms with Gasteiger partial charge in [0.15, 0.2) is 0 Å². The minimum absolute atomic E-state index is 0.186. The first-order valence-electron chi connectivity index (χ1n) is 12.4. The summed E-state index contributed by atoms with van der Waals surface area (Å²) in [5.41, 5.74) is 5.70. The van der Waals surface area contributed by atoms with Gasteiger partial charge < -0.3 is 15.0 Å². The van der Waals surface area contributed by atoms with Crippen molar-refractivity contribution in [2.24, 2.45) is 5.92 Å². The van der Waals surface area contributed by atoms with E-state index in [4.69, 9.17) is 4.74 Å². The molecule has 4 rings (SSSR count). The molecule has 3 aliphatic heterocycles. The summed E-state index contributed by atoms with van der Waals surface area (Å²) < 4.78 is 5.62. The molecule has 1 N–H and O–H groups in total. The summed E-state index contributed by atoms with van der Waals surface area (Å²) in [5.74, 6) is 0.430. The molecule has 0 unspecified atom stereocenters. The Labute approximate surface area is 188 Å². The average Bonchev–Trinajstić information content (AvgIpc) is 3.30. The highest BCUT2D eigenvalue weighted by atomic mass is 16.5. The molecule has 3 saturated heterocycles. The molecule has 0 aromatic heterocycles. The van der Waals surface area contributed by atoms with Crippen LogP contribution in [0.4, 0.5) is 0 Å². The summed E-state index contributed by atoms with van der Waals surface area (Å²) in [7, 11) is 0. The standard InChI is InChI=1S/C26H41N3O2/c1-19-15-21(3)23(16-20(19)2)18-28-10-8-24(9-11-28)29-12-6-22(7-13-29)26(30)27-17-25-5-4-14-31-25/h15-16,22,24-25H,4-14,17-18H2,1-3H3,(H,27,30)/t25-/m1/s1. The topological polar surface area (TPSA) is 44.8 Å². The molecule has 0 spiro atoms. The van der Waals surface area contributed by atoms with E-state index < -0.39 is 0 Å². The second-order valence-electron chi connectivity index (χ2n) is 10.1. The van der Waals surface area contributed by atoms with E-state index in [1.165, 1.54) is 48.2 Å². The van der Waals surface area contributed by atoms with E-state index in [0.717, 1.165) is 51.9 Å². The van der Waals surface area contributed by atoms with Crippen molar-refractivity contribution in [2.75, 3.05) is 39.3 Å². The normalized spacial score (nSPS) is 24.5. The van der Waals surface area contributed by atoms with E-state index >= 15 is 0 Å². The van der Waals surface area contributed by atoms with Crippen molar-refractivity contribution in [3.05, 3.63) is 34.4 Å². The molecule has 3 heterocycles. The molecule has 0 aliphatic carbocycles. The van der Waals surface area contributed by atoms with Crippen molar-refractivity contribution in [2.45, 2.75) is 78.0 Å². The third-order valence-corrected chi connectivity index (χ3v) is 7.85. The Kier molecular flexibility index (Phi) is 7.68. The summed E-state index contributed by atoms with van der Waals surface area (Å²) in [5, 5.41) is 3.14. The van der Waals surface area contributed by atoms with Gasteiger partial charge in [0.1, 0.15) is 0 Å². The van der Waals surface area contributed by atoms with Crippen LogP contribution in [-0.4, -0.2) is 67.2 Å². The predicted octanol–water partition coefficient (Wildman–Crippen LogP) is 3.58. The number of rotatable bonds is 6. The van der Waals surface area contributed by atoms with E-state index in [1.807, 2.05) is 0 Å². The second kappa shape index (κ2) is 10.5. The lowest BCUT2D eigenvalue weighted by Gasteiger charge is -2.41. The van der Waals surface area contributed by atoms with Crippen LogP contribution in [0.3, 0.4) is 0 Å². The zero-order valence-electron chi connectivity index (χ0n) is 19.8. The number of nitrogens with one attached hydrogen (secondary N) is 1. The lowest BCUT2D eigenvalue weighted by Crippen LogP contribution is -2.49. The average molecular weight is 428 g/mol. The fourth-order valence-corrected chi connectivity index (χ4v) is 5.57. The lowest BCUT2D eigenvalue weighted by atomic mass is 9.92. The van der Waals surface area contributed by atoms with Gasteiger partial charge in [-0.1, -0.05) is 12.1 Å². The van der Waals surface area contributed by atoms with Crippen molar-refractivity contribution in [3.63, 3.8) is 0 Å². The molecular formula is C26H41N3O2. The van der Waals surface area contributed by atoms with Crippen LogP contribution < -0.4 is 5.32 Å². The summed E-state index contributed by atoms with van der Waals surface area (Å²) in [6.07, 6.45) is 6.95. The van der Waals surface area contributed by atoms with Crippen molar-refractivity contribution < 1.29 is 9.53 Å². The van der Waals surface area contributed by atoms with Crippen LogP contribution in [0.1, 0.15) is 60.8 Å². The molecule has 5 nitrogen and oxygen atoms in total. The van der Waals surface area contributed by atoms with Crippen molar-refractivity contribution >= 4 is 5.91 Å². The lowest BCUT2D eigenvalue weighted by molar-refractivity contribution is -0.127. The first-order chi connectivity index (χ1) is 15.0. The van der Waals surface area contributed by atoms with E-state index in [9.17, 15) is 4.79 Å². The third-order valence-electron chi connectivity index (χ3n) is 7.85.